The van der Waals surface area contributed by atoms with Crippen LogP contribution in [0.15, 0.2) is 22.7 Å². The summed E-state index contributed by atoms with van der Waals surface area (Å²) in [4.78, 5) is 0. The molecule has 0 heterocycles. The smallest absolute Gasteiger partial charge is 0.124 e. The van der Waals surface area contributed by atoms with Crippen molar-refractivity contribution in [3.05, 3.63) is 28.2 Å². The van der Waals surface area contributed by atoms with Crippen LogP contribution in [-0.4, -0.2) is 13.7 Å². The number of hydrogen-bond acceptors (Lipinski definition) is 2. The van der Waals surface area contributed by atoms with Crippen molar-refractivity contribution in [2.45, 2.75) is 46.1 Å². The zero-order valence-corrected chi connectivity index (χ0v) is 14.1. The Labute approximate surface area is 126 Å². The molecule has 0 aliphatic carbocycles. The van der Waals surface area contributed by atoms with Crippen molar-refractivity contribution in [3.8, 4) is 5.75 Å². The lowest BCUT2D eigenvalue weighted by atomic mass is 9.90. The molecule has 0 fully saturated rings. The van der Waals surface area contributed by atoms with Crippen LogP contribution in [-0.2, 0) is 0 Å². The van der Waals surface area contributed by atoms with E-state index in [9.17, 15) is 0 Å². The molecular formula is C16H26BrNO. The second-order valence-electron chi connectivity index (χ2n) is 4.91. The minimum absolute atomic E-state index is 0.373. The Morgan fingerprint density at radius 3 is 2.42 bits per heavy atom. The van der Waals surface area contributed by atoms with Gasteiger partial charge in [-0.05, 0) is 31.0 Å². The van der Waals surface area contributed by atoms with Gasteiger partial charge in [0, 0.05) is 16.1 Å². The maximum Gasteiger partial charge on any atom is 0.124 e. The first-order valence-electron chi connectivity index (χ1n) is 7.22. The number of methoxy groups -OCH3 is 1. The number of halogens is 1. The predicted octanol–water partition coefficient (Wildman–Crippen LogP) is 4.93. The molecule has 1 N–H and O–H groups in total. The second kappa shape index (κ2) is 8.60. The zero-order chi connectivity index (χ0) is 14.3. The molecule has 1 atom stereocenters. The third-order valence-electron chi connectivity index (χ3n) is 3.75. The lowest BCUT2D eigenvalue weighted by molar-refractivity contribution is 0.356. The van der Waals surface area contributed by atoms with E-state index in [1.54, 1.807) is 7.11 Å². The Bertz CT molecular complexity index is 377. The molecule has 108 valence electrons. The third kappa shape index (κ3) is 4.81. The summed E-state index contributed by atoms with van der Waals surface area (Å²) < 4.78 is 6.59. The molecule has 1 aromatic rings. The normalized spacial score (nSPS) is 12.7. The fraction of sp³-hybridized carbons (Fsp3) is 0.625. The predicted molar refractivity (Wildman–Crippen MR) is 85.8 cm³/mol. The lowest BCUT2D eigenvalue weighted by Gasteiger charge is -2.24. The maximum atomic E-state index is 5.53. The Morgan fingerprint density at radius 1 is 1.21 bits per heavy atom. The molecule has 19 heavy (non-hydrogen) atoms. The maximum absolute atomic E-state index is 5.53. The van der Waals surface area contributed by atoms with Crippen LogP contribution in [0.4, 0.5) is 0 Å². The standard InChI is InChI=1S/C16H26BrNO/c1-5-12(6-2)10-15(18-7-3)14-9-8-13(17)11-16(14)19-4/h8-9,11-12,15,18H,5-7,10H2,1-4H3. The number of nitrogens with one attached hydrogen (secondary N) is 1. The number of hydrogen-bond donors (Lipinski definition) is 1. The SMILES string of the molecule is CCNC(CC(CC)CC)c1ccc(Br)cc1OC. The monoisotopic (exact) mass is 327 g/mol. The summed E-state index contributed by atoms with van der Waals surface area (Å²) in [5.74, 6) is 1.73. The minimum Gasteiger partial charge on any atom is -0.496 e. The van der Waals surface area contributed by atoms with Crippen LogP contribution in [0.3, 0.4) is 0 Å². The summed E-state index contributed by atoms with van der Waals surface area (Å²) in [7, 11) is 1.74. The summed E-state index contributed by atoms with van der Waals surface area (Å²) >= 11 is 3.50. The highest BCUT2D eigenvalue weighted by atomic mass is 79.9. The van der Waals surface area contributed by atoms with Crippen molar-refractivity contribution in [2.24, 2.45) is 5.92 Å². The average molecular weight is 328 g/mol. The first kappa shape index (κ1) is 16.5. The van der Waals surface area contributed by atoms with Gasteiger partial charge in [0.15, 0.2) is 0 Å². The van der Waals surface area contributed by atoms with Crippen LogP contribution >= 0.6 is 15.9 Å². The van der Waals surface area contributed by atoms with Gasteiger partial charge in [-0.1, -0.05) is 55.6 Å². The van der Waals surface area contributed by atoms with Crippen molar-refractivity contribution in [1.29, 1.82) is 0 Å². The molecule has 0 aliphatic heterocycles. The summed E-state index contributed by atoms with van der Waals surface area (Å²) in [5.41, 5.74) is 1.26. The van der Waals surface area contributed by atoms with E-state index >= 15 is 0 Å². The van der Waals surface area contributed by atoms with Gasteiger partial charge in [-0.15, -0.1) is 0 Å². The van der Waals surface area contributed by atoms with E-state index in [1.165, 1.54) is 24.8 Å². The zero-order valence-electron chi connectivity index (χ0n) is 12.5. The van der Waals surface area contributed by atoms with Crippen LogP contribution in [0, 0.1) is 5.92 Å². The first-order valence-corrected chi connectivity index (χ1v) is 8.02. The van der Waals surface area contributed by atoms with Gasteiger partial charge in [0.2, 0.25) is 0 Å². The molecule has 1 aromatic carbocycles. The topological polar surface area (TPSA) is 21.3 Å². The average Bonchev–Trinajstić information content (AvgIpc) is 2.43. The summed E-state index contributed by atoms with van der Waals surface area (Å²) in [6.45, 7) is 7.68. The summed E-state index contributed by atoms with van der Waals surface area (Å²) in [5, 5.41) is 3.60. The highest BCUT2D eigenvalue weighted by Gasteiger charge is 2.18. The van der Waals surface area contributed by atoms with E-state index in [1.807, 2.05) is 6.07 Å². The molecule has 3 heteroatoms. The van der Waals surface area contributed by atoms with Crippen LogP contribution in [0.25, 0.3) is 0 Å². The van der Waals surface area contributed by atoms with Crippen molar-refractivity contribution in [1.82, 2.24) is 5.32 Å². The summed E-state index contributed by atoms with van der Waals surface area (Å²) in [6, 6.07) is 6.68. The quantitative estimate of drug-likeness (QED) is 0.730. The third-order valence-corrected chi connectivity index (χ3v) is 4.24. The Morgan fingerprint density at radius 2 is 1.89 bits per heavy atom. The van der Waals surface area contributed by atoms with Crippen molar-refractivity contribution in [2.75, 3.05) is 13.7 Å². The van der Waals surface area contributed by atoms with E-state index in [0.717, 1.165) is 22.7 Å². The Balaban J connectivity index is 2.97. The number of benzene rings is 1. The van der Waals surface area contributed by atoms with E-state index in [4.69, 9.17) is 4.74 Å². The van der Waals surface area contributed by atoms with Crippen LogP contribution in [0.1, 0.15) is 51.6 Å². The van der Waals surface area contributed by atoms with Gasteiger partial charge in [0.25, 0.3) is 0 Å². The van der Waals surface area contributed by atoms with Gasteiger partial charge < -0.3 is 10.1 Å². The molecule has 0 aromatic heterocycles. The van der Waals surface area contributed by atoms with E-state index in [2.05, 4.69) is 54.2 Å². The van der Waals surface area contributed by atoms with E-state index in [-0.39, 0.29) is 0 Å². The molecule has 0 bridgehead atoms. The molecule has 0 saturated heterocycles. The molecule has 0 saturated carbocycles. The molecule has 0 radical (unpaired) electrons. The largest absolute Gasteiger partial charge is 0.496 e. The Hall–Kier alpha value is -0.540. The van der Waals surface area contributed by atoms with Gasteiger partial charge in [-0.3, -0.25) is 0 Å². The fourth-order valence-corrected chi connectivity index (χ4v) is 2.83. The van der Waals surface area contributed by atoms with Gasteiger partial charge in [-0.25, -0.2) is 0 Å². The Kier molecular flexibility index (Phi) is 7.47. The highest BCUT2D eigenvalue weighted by molar-refractivity contribution is 9.10. The number of ether oxygens (including phenoxy) is 1. The molecule has 1 unspecified atom stereocenters. The van der Waals surface area contributed by atoms with Crippen molar-refractivity contribution < 1.29 is 4.74 Å². The highest BCUT2D eigenvalue weighted by Crippen LogP contribution is 2.33. The van der Waals surface area contributed by atoms with Gasteiger partial charge in [-0.2, -0.15) is 0 Å². The first-order chi connectivity index (χ1) is 9.15. The van der Waals surface area contributed by atoms with Crippen LogP contribution in [0.2, 0.25) is 0 Å². The van der Waals surface area contributed by atoms with Crippen LogP contribution < -0.4 is 10.1 Å². The minimum atomic E-state index is 0.373. The molecular weight excluding hydrogens is 302 g/mol. The van der Waals surface area contributed by atoms with Gasteiger partial charge >= 0.3 is 0 Å². The van der Waals surface area contributed by atoms with E-state index < -0.39 is 0 Å². The number of rotatable bonds is 8. The second-order valence-corrected chi connectivity index (χ2v) is 5.83. The van der Waals surface area contributed by atoms with Gasteiger partial charge in [0.05, 0.1) is 7.11 Å². The lowest BCUT2D eigenvalue weighted by Crippen LogP contribution is -2.24. The summed E-state index contributed by atoms with van der Waals surface area (Å²) in [6.07, 6.45) is 3.63. The molecule has 0 aliphatic rings. The van der Waals surface area contributed by atoms with Crippen LogP contribution in [0.5, 0.6) is 5.75 Å². The van der Waals surface area contributed by atoms with Crippen molar-refractivity contribution in [3.63, 3.8) is 0 Å². The molecule has 2 nitrogen and oxygen atoms in total. The van der Waals surface area contributed by atoms with E-state index in [0.29, 0.717) is 6.04 Å². The molecule has 0 amide bonds. The van der Waals surface area contributed by atoms with Gasteiger partial charge in [0.1, 0.15) is 5.75 Å². The molecule has 0 spiro atoms. The molecule has 1 rings (SSSR count). The fourth-order valence-electron chi connectivity index (χ4n) is 2.49. The van der Waals surface area contributed by atoms with Crippen molar-refractivity contribution >= 4 is 15.9 Å².